The van der Waals surface area contributed by atoms with Crippen LogP contribution in [0.15, 0.2) is 24.2 Å². The summed E-state index contributed by atoms with van der Waals surface area (Å²) in [4.78, 5) is 23.4. The van der Waals surface area contributed by atoms with Gasteiger partial charge >= 0.3 is 5.97 Å². The summed E-state index contributed by atoms with van der Waals surface area (Å²) in [6.45, 7) is 1.89. The predicted octanol–water partition coefficient (Wildman–Crippen LogP) is 2.67. The molecule has 0 radical (unpaired) electrons. The maximum Gasteiger partial charge on any atom is 0.377 e. The lowest BCUT2D eigenvalue weighted by Crippen LogP contribution is -2.24. The number of hydrogen-bond donors (Lipinski definition) is 1. The van der Waals surface area contributed by atoms with Crippen molar-refractivity contribution < 1.29 is 23.8 Å². The first-order chi connectivity index (χ1) is 10.5. The maximum atomic E-state index is 11.8. The van der Waals surface area contributed by atoms with Crippen LogP contribution in [-0.2, 0) is 23.8 Å². The largest absolute Gasteiger partial charge is 0.493 e. The molecular formula is C14H13Cl2NO5. The smallest absolute Gasteiger partial charge is 0.377 e. The van der Waals surface area contributed by atoms with E-state index in [0.717, 1.165) is 11.8 Å². The first kappa shape index (κ1) is 16.5. The maximum absolute atomic E-state index is 11.8. The molecule has 1 aromatic carbocycles. The SMILES string of the molecule is Cc1ccc(Cl)c(NC(=O)COC(=O)C2=COCCO2)c1Cl. The second-order valence-electron chi connectivity index (χ2n) is 4.38. The van der Waals surface area contributed by atoms with Crippen molar-refractivity contribution in [3.05, 3.63) is 39.8 Å². The lowest BCUT2D eigenvalue weighted by Gasteiger charge is -2.14. The van der Waals surface area contributed by atoms with Gasteiger partial charge in [0, 0.05) is 0 Å². The van der Waals surface area contributed by atoms with Gasteiger partial charge in [-0.25, -0.2) is 4.79 Å². The van der Waals surface area contributed by atoms with Crippen LogP contribution in [0.3, 0.4) is 0 Å². The fourth-order valence-corrected chi connectivity index (χ4v) is 2.09. The van der Waals surface area contributed by atoms with E-state index in [9.17, 15) is 9.59 Å². The Kier molecular flexibility index (Phi) is 5.51. The Labute approximate surface area is 136 Å². The number of amides is 1. The van der Waals surface area contributed by atoms with Crippen molar-refractivity contribution in [2.24, 2.45) is 0 Å². The highest BCUT2D eigenvalue weighted by molar-refractivity contribution is 6.40. The van der Waals surface area contributed by atoms with E-state index in [1.54, 1.807) is 19.1 Å². The molecule has 118 valence electrons. The number of halogens is 2. The van der Waals surface area contributed by atoms with Crippen molar-refractivity contribution in [1.82, 2.24) is 0 Å². The number of carbonyl (C=O) groups is 2. The second-order valence-corrected chi connectivity index (χ2v) is 5.16. The highest BCUT2D eigenvalue weighted by Crippen LogP contribution is 2.32. The van der Waals surface area contributed by atoms with Crippen LogP contribution in [0, 0.1) is 6.92 Å². The van der Waals surface area contributed by atoms with E-state index < -0.39 is 18.5 Å². The topological polar surface area (TPSA) is 73.9 Å². The fraction of sp³-hybridized carbons (Fsp3) is 0.286. The quantitative estimate of drug-likeness (QED) is 0.849. The zero-order valence-corrected chi connectivity index (χ0v) is 13.2. The van der Waals surface area contributed by atoms with Gasteiger partial charge in [0.1, 0.15) is 19.5 Å². The van der Waals surface area contributed by atoms with E-state index in [1.165, 1.54) is 0 Å². The minimum Gasteiger partial charge on any atom is -0.493 e. The zero-order valence-electron chi connectivity index (χ0n) is 11.7. The van der Waals surface area contributed by atoms with Crippen LogP contribution in [-0.4, -0.2) is 31.7 Å². The molecule has 1 amide bonds. The van der Waals surface area contributed by atoms with Gasteiger partial charge in [-0.2, -0.15) is 0 Å². The number of esters is 1. The summed E-state index contributed by atoms with van der Waals surface area (Å²) in [6.07, 6.45) is 1.15. The van der Waals surface area contributed by atoms with Gasteiger partial charge in [0.2, 0.25) is 5.76 Å². The van der Waals surface area contributed by atoms with E-state index >= 15 is 0 Å². The van der Waals surface area contributed by atoms with Gasteiger partial charge in [0.25, 0.3) is 5.91 Å². The van der Waals surface area contributed by atoms with Gasteiger partial charge in [-0.15, -0.1) is 0 Å². The van der Waals surface area contributed by atoms with Crippen molar-refractivity contribution in [2.75, 3.05) is 25.1 Å². The number of anilines is 1. The van der Waals surface area contributed by atoms with Crippen LogP contribution in [0.1, 0.15) is 5.56 Å². The third-order valence-electron chi connectivity index (χ3n) is 2.73. The molecule has 0 saturated heterocycles. The van der Waals surface area contributed by atoms with Crippen LogP contribution < -0.4 is 5.32 Å². The number of aryl methyl sites for hydroxylation is 1. The minimum atomic E-state index is -0.781. The predicted molar refractivity (Wildman–Crippen MR) is 80.8 cm³/mol. The molecule has 1 aliphatic rings. The fourth-order valence-electron chi connectivity index (χ4n) is 1.62. The summed E-state index contributed by atoms with van der Waals surface area (Å²) in [5.41, 5.74) is 1.04. The van der Waals surface area contributed by atoms with Crippen molar-refractivity contribution in [3.8, 4) is 0 Å². The van der Waals surface area contributed by atoms with Gasteiger partial charge in [0.15, 0.2) is 6.61 Å². The molecule has 0 fully saturated rings. The van der Waals surface area contributed by atoms with E-state index in [2.05, 4.69) is 5.32 Å². The van der Waals surface area contributed by atoms with E-state index in [0.29, 0.717) is 16.7 Å². The van der Waals surface area contributed by atoms with Crippen molar-refractivity contribution in [3.63, 3.8) is 0 Å². The molecule has 2 rings (SSSR count). The molecule has 1 aliphatic heterocycles. The average Bonchev–Trinajstić information content (AvgIpc) is 2.53. The molecule has 22 heavy (non-hydrogen) atoms. The summed E-state index contributed by atoms with van der Waals surface area (Å²) >= 11 is 12.1. The standard InChI is InChI=1S/C14H13Cl2NO5/c1-8-2-3-9(15)13(12(8)16)17-11(18)7-22-14(19)10-6-20-4-5-21-10/h2-3,6H,4-5,7H2,1H3,(H,17,18). The Morgan fingerprint density at radius 2 is 2.09 bits per heavy atom. The molecule has 6 nitrogen and oxygen atoms in total. The molecule has 0 aromatic heterocycles. The molecular weight excluding hydrogens is 333 g/mol. The van der Waals surface area contributed by atoms with Crippen LogP contribution >= 0.6 is 23.2 Å². The third-order valence-corrected chi connectivity index (χ3v) is 3.54. The molecule has 1 N–H and O–H groups in total. The van der Waals surface area contributed by atoms with Crippen LogP contribution in [0.5, 0.6) is 0 Å². The summed E-state index contributed by atoms with van der Waals surface area (Å²) in [7, 11) is 0. The Balaban J connectivity index is 1.92. The Morgan fingerprint density at radius 1 is 1.32 bits per heavy atom. The first-order valence-corrected chi connectivity index (χ1v) is 7.11. The van der Waals surface area contributed by atoms with Crippen molar-refractivity contribution >= 4 is 40.8 Å². The lowest BCUT2D eigenvalue weighted by molar-refractivity contribution is -0.148. The van der Waals surface area contributed by atoms with E-state index in [-0.39, 0.29) is 18.1 Å². The highest BCUT2D eigenvalue weighted by Gasteiger charge is 2.19. The summed E-state index contributed by atoms with van der Waals surface area (Å²) in [6, 6.07) is 3.34. The number of nitrogens with one attached hydrogen (secondary N) is 1. The Morgan fingerprint density at radius 3 is 2.77 bits per heavy atom. The normalized spacial score (nSPS) is 13.5. The molecule has 1 aromatic rings. The van der Waals surface area contributed by atoms with Gasteiger partial charge < -0.3 is 19.5 Å². The number of hydrogen-bond acceptors (Lipinski definition) is 5. The Hall–Kier alpha value is -1.92. The van der Waals surface area contributed by atoms with Crippen LogP contribution in [0.25, 0.3) is 0 Å². The number of carbonyl (C=O) groups excluding carboxylic acids is 2. The van der Waals surface area contributed by atoms with Gasteiger partial charge in [-0.3, -0.25) is 4.79 Å². The van der Waals surface area contributed by atoms with Crippen LogP contribution in [0.2, 0.25) is 10.0 Å². The molecule has 0 aliphatic carbocycles. The number of ether oxygens (including phenoxy) is 3. The van der Waals surface area contributed by atoms with Crippen molar-refractivity contribution in [1.29, 1.82) is 0 Å². The van der Waals surface area contributed by atoms with Gasteiger partial charge in [-0.1, -0.05) is 29.3 Å². The Bertz CT molecular complexity index is 630. The molecule has 8 heteroatoms. The lowest BCUT2D eigenvalue weighted by atomic mass is 10.2. The number of rotatable bonds is 4. The molecule has 0 saturated carbocycles. The van der Waals surface area contributed by atoms with E-state index in [1.807, 2.05) is 0 Å². The first-order valence-electron chi connectivity index (χ1n) is 6.35. The van der Waals surface area contributed by atoms with E-state index in [4.69, 9.17) is 37.4 Å². The molecule has 1 heterocycles. The zero-order chi connectivity index (χ0) is 16.1. The number of benzene rings is 1. The summed E-state index contributed by atoms with van der Waals surface area (Å²) in [5, 5.41) is 3.13. The van der Waals surface area contributed by atoms with Crippen LogP contribution in [0.4, 0.5) is 5.69 Å². The molecule has 0 atom stereocenters. The highest BCUT2D eigenvalue weighted by atomic mass is 35.5. The molecule has 0 bridgehead atoms. The third kappa shape index (κ3) is 4.05. The van der Waals surface area contributed by atoms with Gasteiger partial charge in [0.05, 0.1) is 15.7 Å². The average molecular weight is 346 g/mol. The minimum absolute atomic E-state index is 0.0781. The monoisotopic (exact) mass is 345 g/mol. The molecule has 0 spiro atoms. The van der Waals surface area contributed by atoms with Gasteiger partial charge in [-0.05, 0) is 18.6 Å². The van der Waals surface area contributed by atoms with Crippen molar-refractivity contribution in [2.45, 2.75) is 6.92 Å². The molecule has 0 unspecified atom stereocenters. The summed E-state index contributed by atoms with van der Waals surface area (Å²) in [5.74, 6) is -1.43. The second kappa shape index (κ2) is 7.38. The summed E-state index contributed by atoms with van der Waals surface area (Å²) < 4.78 is 14.8.